The van der Waals surface area contributed by atoms with Crippen LogP contribution in [0, 0.1) is 0 Å². The molecule has 2 aromatic rings. The van der Waals surface area contributed by atoms with Crippen molar-refractivity contribution in [3.05, 3.63) is 60.2 Å². The summed E-state index contributed by atoms with van der Waals surface area (Å²) in [7, 11) is 0. The molecule has 146 valence electrons. The van der Waals surface area contributed by atoms with Crippen LogP contribution in [0.5, 0.6) is 0 Å². The fraction of sp³-hybridized carbons (Fsp3) is 0.364. The molecule has 2 aromatic carbocycles. The Balaban J connectivity index is 1.30. The highest BCUT2D eigenvalue weighted by atomic mass is 32.2. The van der Waals surface area contributed by atoms with Gasteiger partial charge in [-0.25, -0.2) is 0 Å². The standard InChI is InChI=1S/C22H25N3O2S/c26-21-14-20(28-19-9-5-4-8-18(19)24-21)22(27)23-17-10-12-25(13-11-17)15-16-6-2-1-3-7-16/h1-9,17,20H,10-15H2,(H,23,27)(H,24,26). The topological polar surface area (TPSA) is 61.4 Å². The van der Waals surface area contributed by atoms with E-state index in [1.807, 2.05) is 30.3 Å². The zero-order chi connectivity index (χ0) is 19.3. The maximum atomic E-state index is 12.8. The van der Waals surface area contributed by atoms with E-state index in [-0.39, 0.29) is 29.5 Å². The molecule has 0 radical (unpaired) electrons. The molecule has 1 fully saturated rings. The Hall–Kier alpha value is -2.31. The predicted octanol–water partition coefficient (Wildman–Crippen LogP) is 3.27. The molecule has 2 amide bonds. The van der Waals surface area contributed by atoms with Crippen LogP contribution in [0.4, 0.5) is 5.69 Å². The number of amides is 2. The molecule has 28 heavy (non-hydrogen) atoms. The molecule has 0 saturated carbocycles. The van der Waals surface area contributed by atoms with Gasteiger partial charge in [0.15, 0.2) is 0 Å². The number of nitrogens with zero attached hydrogens (tertiary/aromatic N) is 1. The minimum Gasteiger partial charge on any atom is -0.352 e. The maximum Gasteiger partial charge on any atom is 0.234 e. The molecule has 1 unspecified atom stereocenters. The highest BCUT2D eigenvalue weighted by Gasteiger charge is 2.30. The lowest BCUT2D eigenvalue weighted by Crippen LogP contribution is -2.47. The van der Waals surface area contributed by atoms with Crippen LogP contribution < -0.4 is 10.6 Å². The number of para-hydroxylation sites is 1. The number of fused-ring (bicyclic) bond motifs is 1. The molecule has 4 rings (SSSR count). The van der Waals surface area contributed by atoms with Crippen molar-refractivity contribution in [3.8, 4) is 0 Å². The van der Waals surface area contributed by atoms with E-state index in [1.54, 1.807) is 0 Å². The second kappa shape index (κ2) is 8.80. The number of hydrogen-bond acceptors (Lipinski definition) is 4. The van der Waals surface area contributed by atoms with Crippen LogP contribution in [0.25, 0.3) is 0 Å². The first-order chi connectivity index (χ1) is 13.7. The van der Waals surface area contributed by atoms with Crippen LogP contribution in [0.1, 0.15) is 24.8 Å². The first-order valence-corrected chi connectivity index (χ1v) is 10.7. The van der Waals surface area contributed by atoms with Crippen molar-refractivity contribution < 1.29 is 9.59 Å². The summed E-state index contributed by atoms with van der Waals surface area (Å²) < 4.78 is 0. The van der Waals surface area contributed by atoms with Gasteiger partial charge in [-0.1, -0.05) is 42.5 Å². The fourth-order valence-corrected chi connectivity index (χ4v) is 4.87. The first kappa shape index (κ1) is 19.0. The third-order valence-corrected chi connectivity index (χ3v) is 6.55. The minimum absolute atomic E-state index is 0.0293. The molecule has 2 heterocycles. The maximum absolute atomic E-state index is 12.8. The minimum atomic E-state index is -0.383. The molecule has 2 N–H and O–H groups in total. The van der Waals surface area contributed by atoms with E-state index in [9.17, 15) is 9.59 Å². The number of benzene rings is 2. The van der Waals surface area contributed by atoms with Crippen LogP contribution in [-0.4, -0.2) is 41.1 Å². The number of hydrogen-bond donors (Lipinski definition) is 2. The van der Waals surface area contributed by atoms with Crippen LogP contribution in [-0.2, 0) is 16.1 Å². The highest BCUT2D eigenvalue weighted by Crippen LogP contribution is 2.35. The van der Waals surface area contributed by atoms with Gasteiger partial charge in [0.1, 0.15) is 0 Å². The molecule has 1 saturated heterocycles. The van der Waals surface area contributed by atoms with Gasteiger partial charge >= 0.3 is 0 Å². The monoisotopic (exact) mass is 395 g/mol. The first-order valence-electron chi connectivity index (χ1n) is 9.79. The Kier molecular flexibility index (Phi) is 5.98. The Bertz CT molecular complexity index is 835. The van der Waals surface area contributed by atoms with E-state index in [2.05, 4.69) is 39.8 Å². The van der Waals surface area contributed by atoms with Gasteiger partial charge in [0, 0.05) is 37.0 Å². The highest BCUT2D eigenvalue weighted by molar-refractivity contribution is 8.00. The summed E-state index contributed by atoms with van der Waals surface area (Å²) in [5, 5.41) is 5.70. The van der Waals surface area contributed by atoms with E-state index in [0.717, 1.165) is 43.1 Å². The van der Waals surface area contributed by atoms with Crippen molar-refractivity contribution in [2.24, 2.45) is 0 Å². The van der Waals surface area contributed by atoms with E-state index in [4.69, 9.17) is 0 Å². The average molecular weight is 396 g/mol. The van der Waals surface area contributed by atoms with E-state index >= 15 is 0 Å². The lowest BCUT2D eigenvalue weighted by Gasteiger charge is -2.33. The quantitative estimate of drug-likeness (QED) is 0.834. The molecule has 6 heteroatoms. The summed E-state index contributed by atoms with van der Waals surface area (Å²) in [6.07, 6.45) is 2.09. The third kappa shape index (κ3) is 4.75. The number of likely N-dealkylation sites (tertiary alicyclic amines) is 1. The lowest BCUT2D eigenvalue weighted by molar-refractivity contribution is -0.124. The second-order valence-corrected chi connectivity index (χ2v) is 8.64. The van der Waals surface area contributed by atoms with E-state index in [1.165, 1.54) is 17.3 Å². The van der Waals surface area contributed by atoms with Gasteiger partial charge in [-0.15, -0.1) is 11.8 Å². The molecule has 2 aliphatic rings. The smallest absolute Gasteiger partial charge is 0.234 e. The second-order valence-electron chi connectivity index (χ2n) is 7.40. The van der Waals surface area contributed by atoms with Gasteiger partial charge in [-0.2, -0.15) is 0 Å². The molecule has 0 aliphatic carbocycles. The largest absolute Gasteiger partial charge is 0.352 e. The Morgan fingerprint density at radius 3 is 2.57 bits per heavy atom. The fourth-order valence-electron chi connectivity index (χ4n) is 3.75. The number of carbonyl (C=O) groups is 2. The van der Waals surface area contributed by atoms with Gasteiger partial charge in [0.25, 0.3) is 0 Å². The number of piperidine rings is 1. The molecule has 2 aliphatic heterocycles. The lowest BCUT2D eigenvalue weighted by atomic mass is 10.0. The average Bonchev–Trinajstić information content (AvgIpc) is 2.88. The summed E-state index contributed by atoms with van der Waals surface area (Å²) in [5.41, 5.74) is 2.12. The van der Waals surface area contributed by atoms with Crippen molar-refractivity contribution in [1.82, 2.24) is 10.2 Å². The summed E-state index contributed by atoms with van der Waals surface area (Å²) in [4.78, 5) is 28.4. The molecule has 0 aromatic heterocycles. The molecule has 1 atom stereocenters. The molecule has 5 nitrogen and oxygen atoms in total. The van der Waals surface area contributed by atoms with Crippen LogP contribution in [0.3, 0.4) is 0 Å². The zero-order valence-corrected chi connectivity index (χ0v) is 16.6. The molecular weight excluding hydrogens is 370 g/mol. The van der Waals surface area contributed by atoms with E-state index < -0.39 is 0 Å². The van der Waals surface area contributed by atoms with E-state index in [0.29, 0.717) is 0 Å². The van der Waals surface area contributed by atoms with Gasteiger partial charge in [0.2, 0.25) is 11.8 Å². The van der Waals surface area contributed by atoms with Crippen molar-refractivity contribution >= 4 is 29.3 Å². The van der Waals surface area contributed by atoms with Gasteiger partial charge in [0.05, 0.1) is 10.9 Å². The summed E-state index contributed by atoms with van der Waals surface area (Å²) in [6.45, 7) is 2.90. The third-order valence-electron chi connectivity index (χ3n) is 5.28. The molecule has 0 bridgehead atoms. The normalized spacial score (nSPS) is 20.7. The number of carbonyl (C=O) groups excluding carboxylic acids is 2. The Labute approximate surface area is 169 Å². The van der Waals surface area contributed by atoms with Crippen molar-refractivity contribution in [1.29, 1.82) is 0 Å². The Morgan fingerprint density at radius 1 is 1.07 bits per heavy atom. The number of thioether (sulfide) groups is 1. The summed E-state index contributed by atoms with van der Waals surface area (Å²) in [5.74, 6) is -0.131. The zero-order valence-electron chi connectivity index (χ0n) is 15.8. The van der Waals surface area contributed by atoms with Crippen LogP contribution >= 0.6 is 11.8 Å². The SMILES string of the molecule is O=C1CC(C(=O)NC2CCN(Cc3ccccc3)CC2)Sc2ccccc2N1. The number of nitrogens with one attached hydrogen (secondary N) is 2. The van der Waals surface area contributed by atoms with Crippen LogP contribution in [0.2, 0.25) is 0 Å². The molecule has 0 spiro atoms. The van der Waals surface area contributed by atoms with Crippen LogP contribution in [0.15, 0.2) is 59.5 Å². The van der Waals surface area contributed by atoms with Crippen molar-refractivity contribution in [3.63, 3.8) is 0 Å². The molecular formula is C22H25N3O2S. The Morgan fingerprint density at radius 2 is 1.79 bits per heavy atom. The number of anilines is 1. The van der Waals surface area contributed by atoms with Gasteiger partial charge < -0.3 is 10.6 Å². The summed E-state index contributed by atoms with van der Waals surface area (Å²) >= 11 is 1.47. The van der Waals surface area contributed by atoms with Crippen molar-refractivity contribution in [2.75, 3.05) is 18.4 Å². The summed E-state index contributed by atoms with van der Waals surface area (Å²) in [6, 6.07) is 18.3. The van der Waals surface area contributed by atoms with Gasteiger partial charge in [-0.3, -0.25) is 14.5 Å². The van der Waals surface area contributed by atoms with Crippen molar-refractivity contribution in [2.45, 2.75) is 42.0 Å². The predicted molar refractivity (Wildman–Crippen MR) is 112 cm³/mol. The van der Waals surface area contributed by atoms with Gasteiger partial charge in [-0.05, 0) is 30.5 Å². The number of rotatable bonds is 4.